The molecule has 1 heterocycles. The van der Waals surface area contributed by atoms with E-state index in [0.717, 1.165) is 24.2 Å². The lowest BCUT2D eigenvalue weighted by Crippen LogP contribution is -2.49. The third kappa shape index (κ3) is 3.81. The quantitative estimate of drug-likeness (QED) is 0.866. The average molecular weight is 276 g/mol. The van der Waals surface area contributed by atoms with Crippen LogP contribution in [-0.2, 0) is 0 Å². The number of nitrogens with one attached hydrogen (secondary N) is 1. The van der Waals surface area contributed by atoms with Gasteiger partial charge in [0, 0.05) is 19.1 Å². The zero-order chi connectivity index (χ0) is 14.5. The van der Waals surface area contributed by atoms with Gasteiger partial charge in [0.25, 0.3) is 0 Å². The molecule has 2 N–H and O–H groups in total. The second-order valence-corrected chi connectivity index (χ2v) is 6.05. The van der Waals surface area contributed by atoms with E-state index in [2.05, 4.69) is 37.1 Å². The Morgan fingerprint density at radius 2 is 2.15 bits per heavy atom. The van der Waals surface area contributed by atoms with Gasteiger partial charge in [0.05, 0.1) is 6.10 Å². The molecule has 0 aliphatic carbocycles. The van der Waals surface area contributed by atoms with Crippen LogP contribution in [0.5, 0.6) is 0 Å². The molecule has 1 aliphatic heterocycles. The SMILES string of the molecule is CCN1CCC(NCC(O)c2ccccc2C)C(C)C1. The Hall–Kier alpha value is -0.900. The van der Waals surface area contributed by atoms with Gasteiger partial charge in [-0.1, -0.05) is 38.1 Å². The van der Waals surface area contributed by atoms with Crippen molar-refractivity contribution in [1.29, 1.82) is 0 Å². The van der Waals surface area contributed by atoms with Gasteiger partial charge >= 0.3 is 0 Å². The molecule has 3 heteroatoms. The first-order valence-corrected chi connectivity index (χ1v) is 7.81. The van der Waals surface area contributed by atoms with Crippen LogP contribution in [0.4, 0.5) is 0 Å². The maximum absolute atomic E-state index is 10.3. The molecule has 0 bridgehead atoms. The van der Waals surface area contributed by atoms with Crippen molar-refractivity contribution in [1.82, 2.24) is 10.2 Å². The minimum atomic E-state index is -0.410. The van der Waals surface area contributed by atoms with Crippen molar-refractivity contribution >= 4 is 0 Å². The highest BCUT2D eigenvalue weighted by Gasteiger charge is 2.25. The van der Waals surface area contributed by atoms with Crippen LogP contribution in [-0.4, -0.2) is 42.2 Å². The van der Waals surface area contributed by atoms with E-state index >= 15 is 0 Å². The van der Waals surface area contributed by atoms with E-state index in [1.54, 1.807) is 0 Å². The van der Waals surface area contributed by atoms with E-state index < -0.39 is 6.10 Å². The number of hydrogen-bond donors (Lipinski definition) is 2. The molecule has 0 spiro atoms. The topological polar surface area (TPSA) is 35.5 Å². The molecule has 0 saturated carbocycles. The lowest BCUT2D eigenvalue weighted by atomic mass is 9.93. The van der Waals surface area contributed by atoms with Crippen LogP contribution < -0.4 is 5.32 Å². The normalized spacial score (nSPS) is 25.6. The van der Waals surface area contributed by atoms with Crippen molar-refractivity contribution in [2.24, 2.45) is 5.92 Å². The number of aliphatic hydroxyl groups excluding tert-OH is 1. The summed E-state index contributed by atoms with van der Waals surface area (Å²) in [6.45, 7) is 10.7. The second-order valence-electron chi connectivity index (χ2n) is 6.05. The van der Waals surface area contributed by atoms with Crippen molar-refractivity contribution in [2.75, 3.05) is 26.2 Å². The molecule has 0 amide bonds. The molecule has 2 rings (SSSR count). The number of rotatable bonds is 5. The molecule has 3 unspecified atom stereocenters. The lowest BCUT2D eigenvalue weighted by Gasteiger charge is -2.37. The fourth-order valence-corrected chi connectivity index (χ4v) is 3.16. The third-order valence-corrected chi connectivity index (χ3v) is 4.56. The number of piperidine rings is 1. The predicted octanol–water partition coefficient (Wildman–Crippen LogP) is 2.35. The highest BCUT2D eigenvalue weighted by atomic mass is 16.3. The molecule has 3 nitrogen and oxygen atoms in total. The number of likely N-dealkylation sites (tertiary alicyclic amines) is 1. The fourth-order valence-electron chi connectivity index (χ4n) is 3.16. The minimum absolute atomic E-state index is 0.410. The molecular formula is C17H28N2O. The van der Waals surface area contributed by atoms with Gasteiger partial charge in [0.2, 0.25) is 0 Å². The number of nitrogens with zero attached hydrogens (tertiary/aromatic N) is 1. The minimum Gasteiger partial charge on any atom is -0.387 e. The zero-order valence-electron chi connectivity index (χ0n) is 13.0. The van der Waals surface area contributed by atoms with Crippen molar-refractivity contribution in [3.8, 4) is 0 Å². The molecule has 0 aromatic heterocycles. The standard InChI is InChI=1S/C17H28N2O/c1-4-19-10-9-16(14(3)12-19)18-11-17(20)15-8-6-5-7-13(15)2/h5-8,14,16-18,20H,4,9-12H2,1-3H3. The van der Waals surface area contributed by atoms with Crippen LogP contribution in [0.3, 0.4) is 0 Å². The number of aryl methyl sites for hydroxylation is 1. The van der Waals surface area contributed by atoms with E-state index in [1.807, 2.05) is 18.2 Å². The summed E-state index contributed by atoms with van der Waals surface area (Å²) in [7, 11) is 0. The van der Waals surface area contributed by atoms with Crippen LogP contribution in [0, 0.1) is 12.8 Å². The van der Waals surface area contributed by atoms with Crippen molar-refractivity contribution in [3.05, 3.63) is 35.4 Å². The van der Waals surface area contributed by atoms with Gasteiger partial charge in [-0.3, -0.25) is 0 Å². The molecule has 1 aromatic rings. The Morgan fingerprint density at radius 1 is 1.40 bits per heavy atom. The monoisotopic (exact) mass is 276 g/mol. The Morgan fingerprint density at radius 3 is 2.80 bits per heavy atom. The summed E-state index contributed by atoms with van der Waals surface area (Å²) < 4.78 is 0. The first-order valence-electron chi connectivity index (χ1n) is 7.81. The summed E-state index contributed by atoms with van der Waals surface area (Å²) >= 11 is 0. The van der Waals surface area contributed by atoms with Gasteiger partial charge in [-0.05, 0) is 43.5 Å². The molecule has 1 aromatic carbocycles. The van der Waals surface area contributed by atoms with Crippen LogP contribution in [0.15, 0.2) is 24.3 Å². The smallest absolute Gasteiger partial charge is 0.0917 e. The fraction of sp³-hybridized carbons (Fsp3) is 0.647. The molecule has 112 valence electrons. The van der Waals surface area contributed by atoms with E-state index in [9.17, 15) is 5.11 Å². The second kappa shape index (κ2) is 7.21. The first-order chi connectivity index (χ1) is 9.61. The summed E-state index contributed by atoms with van der Waals surface area (Å²) in [4.78, 5) is 2.50. The van der Waals surface area contributed by atoms with Crippen LogP contribution in [0.2, 0.25) is 0 Å². The largest absolute Gasteiger partial charge is 0.387 e. The van der Waals surface area contributed by atoms with Gasteiger partial charge < -0.3 is 15.3 Å². The summed E-state index contributed by atoms with van der Waals surface area (Å²) in [6, 6.07) is 8.61. The van der Waals surface area contributed by atoms with Gasteiger partial charge in [-0.15, -0.1) is 0 Å². The predicted molar refractivity (Wildman–Crippen MR) is 83.8 cm³/mol. The highest BCUT2D eigenvalue weighted by Crippen LogP contribution is 2.19. The molecule has 1 fully saturated rings. The van der Waals surface area contributed by atoms with E-state index in [0.29, 0.717) is 18.5 Å². The molecule has 20 heavy (non-hydrogen) atoms. The zero-order valence-corrected chi connectivity index (χ0v) is 13.0. The van der Waals surface area contributed by atoms with E-state index in [4.69, 9.17) is 0 Å². The third-order valence-electron chi connectivity index (χ3n) is 4.56. The van der Waals surface area contributed by atoms with Gasteiger partial charge in [-0.2, -0.15) is 0 Å². The number of aliphatic hydroxyl groups is 1. The number of benzene rings is 1. The number of hydrogen-bond acceptors (Lipinski definition) is 3. The molecule has 0 radical (unpaired) electrons. The summed E-state index contributed by atoms with van der Waals surface area (Å²) in [5, 5.41) is 13.9. The molecule has 1 saturated heterocycles. The maximum atomic E-state index is 10.3. The Kier molecular flexibility index (Phi) is 5.58. The van der Waals surface area contributed by atoms with Gasteiger partial charge in [-0.25, -0.2) is 0 Å². The highest BCUT2D eigenvalue weighted by molar-refractivity contribution is 5.27. The molecule has 3 atom stereocenters. The van der Waals surface area contributed by atoms with E-state index in [-0.39, 0.29) is 0 Å². The Bertz CT molecular complexity index is 421. The summed E-state index contributed by atoms with van der Waals surface area (Å²) in [6.07, 6.45) is 0.766. The van der Waals surface area contributed by atoms with Crippen LogP contribution in [0.25, 0.3) is 0 Å². The molecule has 1 aliphatic rings. The van der Waals surface area contributed by atoms with Gasteiger partial charge in [0.15, 0.2) is 0 Å². The van der Waals surface area contributed by atoms with Crippen LogP contribution >= 0.6 is 0 Å². The molecular weight excluding hydrogens is 248 g/mol. The summed E-state index contributed by atoms with van der Waals surface area (Å²) in [5.74, 6) is 0.646. The average Bonchev–Trinajstić information content (AvgIpc) is 2.46. The lowest BCUT2D eigenvalue weighted by molar-refractivity contribution is 0.127. The van der Waals surface area contributed by atoms with Gasteiger partial charge in [0.1, 0.15) is 0 Å². The van der Waals surface area contributed by atoms with Crippen molar-refractivity contribution in [2.45, 2.75) is 39.3 Å². The van der Waals surface area contributed by atoms with E-state index in [1.165, 1.54) is 13.0 Å². The summed E-state index contributed by atoms with van der Waals surface area (Å²) in [5.41, 5.74) is 2.20. The Balaban J connectivity index is 1.85. The first kappa shape index (κ1) is 15.5. The van der Waals surface area contributed by atoms with Crippen molar-refractivity contribution in [3.63, 3.8) is 0 Å². The van der Waals surface area contributed by atoms with Crippen molar-refractivity contribution < 1.29 is 5.11 Å². The maximum Gasteiger partial charge on any atom is 0.0917 e. The Labute approximate surface area is 123 Å². The van der Waals surface area contributed by atoms with Crippen LogP contribution in [0.1, 0.15) is 37.5 Å².